The third-order valence-corrected chi connectivity index (χ3v) is 7.19. The summed E-state index contributed by atoms with van der Waals surface area (Å²) in [5.41, 5.74) is 6.10. The fourth-order valence-electron chi connectivity index (χ4n) is 5.02. The quantitative estimate of drug-likeness (QED) is 0.689. The number of rotatable bonds is 3. The van der Waals surface area contributed by atoms with Gasteiger partial charge in [0, 0.05) is 18.1 Å². The highest BCUT2D eigenvalue weighted by atomic mass is 32.1. The van der Waals surface area contributed by atoms with Crippen LogP contribution in [0.25, 0.3) is 22.1 Å². The topological polar surface area (TPSA) is 98.2 Å². The lowest BCUT2D eigenvalue weighted by molar-refractivity contribution is 0.295. The first-order valence-electron chi connectivity index (χ1n) is 9.90. The lowest BCUT2D eigenvalue weighted by atomic mass is 9.86. The van der Waals surface area contributed by atoms with Gasteiger partial charge in [0.2, 0.25) is 0 Å². The number of nitrogens with zero attached hydrogens (tertiary/aromatic N) is 7. The van der Waals surface area contributed by atoms with Crippen molar-refractivity contribution in [2.75, 3.05) is 16.3 Å². The molecule has 6 heterocycles. The summed E-state index contributed by atoms with van der Waals surface area (Å²) in [5.74, 6) is 2.61. The van der Waals surface area contributed by atoms with Crippen LogP contribution in [0.3, 0.4) is 0 Å². The van der Waals surface area contributed by atoms with E-state index in [-0.39, 0.29) is 11.7 Å². The molecular formula is C19H21N9S. The van der Waals surface area contributed by atoms with Gasteiger partial charge in [0.05, 0.1) is 23.5 Å². The largest absolute Gasteiger partial charge is 0.345 e. The second kappa shape index (κ2) is 5.99. The molecule has 0 bridgehead atoms. The maximum absolute atomic E-state index is 5.06. The van der Waals surface area contributed by atoms with E-state index in [1.807, 2.05) is 18.5 Å². The summed E-state index contributed by atoms with van der Waals surface area (Å²) in [6.45, 7) is 5.29. The molecule has 2 N–H and O–H groups in total. The van der Waals surface area contributed by atoms with Gasteiger partial charge in [0.15, 0.2) is 11.6 Å². The van der Waals surface area contributed by atoms with Crippen LogP contribution in [0.15, 0.2) is 29.1 Å². The lowest BCUT2D eigenvalue weighted by Gasteiger charge is -2.51. The SMILES string of the molecule is CC[C@@]12CCCN1c1nc(-c3cn[nH]c3-c3nccs3)ncc1N1C(C)=NNC12. The number of aromatic amines is 1. The van der Waals surface area contributed by atoms with Gasteiger partial charge in [-0.25, -0.2) is 15.0 Å². The molecule has 0 spiro atoms. The molecule has 1 unspecified atom stereocenters. The molecule has 29 heavy (non-hydrogen) atoms. The van der Waals surface area contributed by atoms with Crippen LogP contribution >= 0.6 is 11.3 Å². The van der Waals surface area contributed by atoms with Gasteiger partial charge in [-0.15, -0.1) is 11.3 Å². The van der Waals surface area contributed by atoms with Crippen LogP contribution < -0.4 is 15.2 Å². The van der Waals surface area contributed by atoms with Crippen molar-refractivity contribution in [2.24, 2.45) is 5.10 Å². The second-order valence-corrected chi connectivity index (χ2v) is 8.57. The number of H-pyrrole nitrogens is 1. The minimum atomic E-state index is -0.0194. The minimum absolute atomic E-state index is 0.0194. The number of hydrogen-bond donors (Lipinski definition) is 2. The summed E-state index contributed by atoms with van der Waals surface area (Å²) in [7, 11) is 0. The maximum Gasteiger partial charge on any atom is 0.165 e. The predicted molar refractivity (Wildman–Crippen MR) is 113 cm³/mol. The van der Waals surface area contributed by atoms with E-state index in [0.717, 1.165) is 59.4 Å². The van der Waals surface area contributed by atoms with Crippen LogP contribution in [-0.2, 0) is 0 Å². The highest BCUT2D eigenvalue weighted by Crippen LogP contribution is 2.49. The van der Waals surface area contributed by atoms with Gasteiger partial charge in [-0.05, 0) is 26.2 Å². The van der Waals surface area contributed by atoms with Crippen molar-refractivity contribution in [3.63, 3.8) is 0 Å². The summed E-state index contributed by atoms with van der Waals surface area (Å²) in [5, 5.41) is 14.7. The van der Waals surface area contributed by atoms with E-state index in [9.17, 15) is 0 Å². The molecule has 0 saturated carbocycles. The number of nitrogens with one attached hydrogen (secondary N) is 2. The summed E-state index contributed by atoms with van der Waals surface area (Å²) in [4.78, 5) is 18.9. The molecule has 148 valence electrons. The number of aromatic nitrogens is 5. The van der Waals surface area contributed by atoms with Crippen molar-refractivity contribution in [1.82, 2.24) is 30.6 Å². The summed E-state index contributed by atoms with van der Waals surface area (Å²) in [6.07, 6.45) is 8.91. The van der Waals surface area contributed by atoms with Crippen molar-refractivity contribution < 1.29 is 0 Å². The van der Waals surface area contributed by atoms with Gasteiger partial charge in [-0.3, -0.25) is 15.4 Å². The van der Waals surface area contributed by atoms with E-state index in [1.54, 1.807) is 23.7 Å². The third-order valence-electron chi connectivity index (χ3n) is 6.40. The van der Waals surface area contributed by atoms with Gasteiger partial charge in [0.25, 0.3) is 0 Å². The standard InChI is InChI=1S/C19H21N9S/c1-3-19-5-4-7-27(19)16-13(28-11(2)24-26-18(19)28)10-21-15(23-16)12-9-22-25-14(12)17-20-6-8-29-17/h6,8-10,18,26H,3-5,7H2,1-2H3,(H,22,25)/t18?,19-/m0/s1. The molecule has 10 heteroatoms. The molecule has 0 aliphatic carbocycles. The average Bonchev–Trinajstić information content (AvgIpc) is 3.52. The van der Waals surface area contributed by atoms with Crippen molar-refractivity contribution >= 4 is 28.7 Å². The molecule has 1 saturated heterocycles. The molecule has 3 aliphatic heterocycles. The Kier molecular flexibility index (Phi) is 3.49. The summed E-state index contributed by atoms with van der Waals surface area (Å²) in [6, 6.07) is 0. The van der Waals surface area contributed by atoms with Gasteiger partial charge in [-0.2, -0.15) is 10.2 Å². The van der Waals surface area contributed by atoms with Crippen LogP contribution in [0.1, 0.15) is 33.1 Å². The van der Waals surface area contributed by atoms with E-state index >= 15 is 0 Å². The average molecular weight is 408 g/mol. The Morgan fingerprint density at radius 1 is 1.31 bits per heavy atom. The monoisotopic (exact) mass is 407 g/mol. The van der Waals surface area contributed by atoms with Crippen molar-refractivity contribution in [3.8, 4) is 22.1 Å². The highest BCUT2D eigenvalue weighted by molar-refractivity contribution is 7.13. The first kappa shape index (κ1) is 16.9. The van der Waals surface area contributed by atoms with E-state index in [4.69, 9.17) is 9.97 Å². The number of anilines is 2. The highest BCUT2D eigenvalue weighted by Gasteiger charge is 2.55. The number of fused-ring (bicyclic) bond motifs is 6. The Balaban J connectivity index is 1.52. The normalized spacial score (nSPS) is 24.8. The molecule has 3 aromatic heterocycles. The summed E-state index contributed by atoms with van der Waals surface area (Å²) >= 11 is 1.57. The zero-order valence-electron chi connectivity index (χ0n) is 16.3. The molecule has 3 aromatic rings. The van der Waals surface area contributed by atoms with Crippen LogP contribution in [-0.4, -0.2) is 49.2 Å². The first-order valence-corrected chi connectivity index (χ1v) is 10.8. The van der Waals surface area contributed by atoms with Gasteiger partial charge < -0.3 is 4.90 Å². The number of hydrazone groups is 1. The van der Waals surface area contributed by atoms with E-state index in [2.05, 4.69) is 42.4 Å². The van der Waals surface area contributed by atoms with E-state index < -0.39 is 0 Å². The molecule has 6 rings (SSSR count). The molecule has 0 amide bonds. The van der Waals surface area contributed by atoms with Gasteiger partial charge >= 0.3 is 0 Å². The van der Waals surface area contributed by atoms with E-state index in [0.29, 0.717) is 5.82 Å². The molecule has 0 aromatic carbocycles. The molecule has 3 aliphatic rings. The Hall–Kier alpha value is -3.01. The van der Waals surface area contributed by atoms with Crippen molar-refractivity contribution in [2.45, 2.75) is 44.8 Å². The Morgan fingerprint density at radius 3 is 3.07 bits per heavy atom. The number of amidine groups is 1. The molecule has 9 nitrogen and oxygen atoms in total. The Morgan fingerprint density at radius 2 is 2.24 bits per heavy atom. The minimum Gasteiger partial charge on any atom is -0.345 e. The zero-order valence-corrected chi connectivity index (χ0v) is 17.1. The number of thiazole rings is 1. The third kappa shape index (κ3) is 2.17. The van der Waals surface area contributed by atoms with Crippen LogP contribution in [0.5, 0.6) is 0 Å². The van der Waals surface area contributed by atoms with Crippen molar-refractivity contribution in [1.29, 1.82) is 0 Å². The maximum atomic E-state index is 5.06. The molecular weight excluding hydrogens is 386 g/mol. The zero-order chi connectivity index (χ0) is 19.6. The number of hydrogen-bond acceptors (Lipinski definition) is 9. The Labute approximate surface area is 171 Å². The van der Waals surface area contributed by atoms with E-state index in [1.165, 1.54) is 0 Å². The van der Waals surface area contributed by atoms with Crippen LogP contribution in [0.4, 0.5) is 11.5 Å². The van der Waals surface area contributed by atoms with Gasteiger partial charge in [0.1, 0.15) is 28.4 Å². The predicted octanol–water partition coefficient (Wildman–Crippen LogP) is 2.82. The first-order chi connectivity index (χ1) is 14.2. The van der Waals surface area contributed by atoms with Crippen molar-refractivity contribution in [3.05, 3.63) is 24.0 Å². The van der Waals surface area contributed by atoms with Crippen LogP contribution in [0, 0.1) is 0 Å². The Bertz CT molecular complexity index is 1100. The lowest BCUT2D eigenvalue weighted by Crippen LogP contribution is -2.66. The summed E-state index contributed by atoms with van der Waals surface area (Å²) < 4.78 is 0. The fraction of sp³-hybridized carbons (Fsp3) is 0.421. The second-order valence-electron chi connectivity index (χ2n) is 7.67. The smallest absolute Gasteiger partial charge is 0.165 e. The molecule has 1 fully saturated rings. The molecule has 0 radical (unpaired) electrons. The molecule has 2 atom stereocenters. The van der Waals surface area contributed by atoms with Gasteiger partial charge in [-0.1, -0.05) is 6.92 Å². The fourth-order valence-corrected chi connectivity index (χ4v) is 5.67. The van der Waals surface area contributed by atoms with Crippen LogP contribution in [0.2, 0.25) is 0 Å².